The molecule has 0 aromatic heterocycles. The van der Waals surface area contributed by atoms with Gasteiger partial charge in [-0.1, -0.05) is 12.1 Å². The van der Waals surface area contributed by atoms with E-state index in [4.69, 9.17) is 4.74 Å². The number of hydrogen-bond acceptors (Lipinski definition) is 4. The van der Waals surface area contributed by atoms with Crippen molar-refractivity contribution in [1.82, 2.24) is 15.5 Å². The summed E-state index contributed by atoms with van der Waals surface area (Å²) < 4.78 is 5.14. The van der Waals surface area contributed by atoms with Crippen molar-refractivity contribution in [2.45, 2.75) is 66.2 Å². The molecule has 0 heterocycles. The molecular formula is C20H31N3O4. The Morgan fingerprint density at radius 3 is 2.00 bits per heavy atom. The van der Waals surface area contributed by atoms with Gasteiger partial charge < -0.3 is 20.3 Å². The summed E-state index contributed by atoms with van der Waals surface area (Å²) in [4.78, 5) is 37.6. The fourth-order valence-electron chi connectivity index (χ4n) is 2.71. The standard InChI is InChI=1S/C20H31N3O4/c1-13(2)22-20(26)21-11-16-7-9-17(10-8-16)19(25)27-12-18(24)23(14(3)4)15(5)6/h7-10,13-15H,11-12H2,1-6H3,(H2,21,22,26). The van der Waals surface area contributed by atoms with E-state index in [1.807, 2.05) is 41.5 Å². The summed E-state index contributed by atoms with van der Waals surface area (Å²) >= 11 is 0. The molecule has 27 heavy (non-hydrogen) atoms. The van der Waals surface area contributed by atoms with Gasteiger partial charge in [-0.05, 0) is 59.2 Å². The molecule has 0 aliphatic rings. The molecule has 7 nitrogen and oxygen atoms in total. The zero-order valence-corrected chi connectivity index (χ0v) is 17.0. The maximum absolute atomic E-state index is 12.2. The van der Waals surface area contributed by atoms with Crippen LogP contribution in [0.2, 0.25) is 0 Å². The van der Waals surface area contributed by atoms with Crippen molar-refractivity contribution >= 4 is 17.9 Å². The normalized spacial score (nSPS) is 10.9. The lowest BCUT2D eigenvalue weighted by molar-refractivity contribution is -0.138. The minimum atomic E-state index is -0.548. The summed E-state index contributed by atoms with van der Waals surface area (Å²) in [6.45, 7) is 11.5. The van der Waals surface area contributed by atoms with Crippen molar-refractivity contribution < 1.29 is 19.1 Å². The first kappa shape index (κ1) is 22.5. The Morgan fingerprint density at radius 1 is 0.963 bits per heavy atom. The molecule has 150 valence electrons. The Labute approximate surface area is 161 Å². The lowest BCUT2D eigenvalue weighted by Gasteiger charge is -2.30. The van der Waals surface area contributed by atoms with E-state index in [0.29, 0.717) is 12.1 Å². The van der Waals surface area contributed by atoms with E-state index in [1.165, 1.54) is 0 Å². The van der Waals surface area contributed by atoms with Crippen molar-refractivity contribution in [3.63, 3.8) is 0 Å². The highest BCUT2D eigenvalue weighted by Crippen LogP contribution is 2.09. The molecule has 0 fully saturated rings. The third-order valence-electron chi connectivity index (χ3n) is 3.79. The molecule has 0 unspecified atom stereocenters. The molecule has 2 N–H and O–H groups in total. The van der Waals surface area contributed by atoms with E-state index in [2.05, 4.69) is 10.6 Å². The fourth-order valence-corrected chi connectivity index (χ4v) is 2.71. The average Bonchev–Trinajstić information content (AvgIpc) is 2.57. The number of nitrogens with zero attached hydrogens (tertiary/aromatic N) is 1. The van der Waals surface area contributed by atoms with Crippen molar-refractivity contribution in [3.05, 3.63) is 35.4 Å². The van der Waals surface area contributed by atoms with Crippen LogP contribution in [0.4, 0.5) is 4.79 Å². The van der Waals surface area contributed by atoms with Crippen molar-refractivity contribution in [2.75, 3.05) is 6.61 Å². The number of urea groups is 1. The van der Waals surface area contributed by atoms with Gasteiger partial charge in [-0.3, -0.25) is 4.79 Å². The van der Waals surface area contributed by atoms with Gasteiger partial charge in [0.1, 0.15) is 0 Å². The van der Waals surface area contributed by atoms with Crippen LogP contribution in [0.3, 0.4) is 0 Å². The number of carbonyl (C=O) groups excluding carboxylic acids is 3. The Bertz CT molecular complexity index is 631. The van der Waals surface area contributed by atoms with Crippen molar-refractivity contribution in [3.8, 4) is 0 Å². The zero-order chi connectivity index (χ0) is 20.6. The molecule has 0 saturated carbocycles. The van der Waals surface area contributed by atoms with Crippen LogP contribution >= 0.6 is 0 Å². The zero-order valence-electron chi connectivity index (χ0n) is 17.0. The van der Waals surface area contributed by atoms with Gasteiger partial charge in [-0.2, -0.15) is 0 Å². The summed E-state index contributed by atoms with van der Waals surface area (Å²) in [6.07, 6.45) is 0. The molecule has 0 aliphatic carbocycles. The Kier molecular flexibility index (Phi) is 8.78. The highest BCUT2D eigenvalue weighted by Gasteiger charge is 2.21. The van der Waals surface area contributed by atoms with Crippen molar-refractivity contribution in [1.29, 1.82) is 0 Å². The van der Waals surface area contributed by atoms with Crippen LogP contribution in [-0.2, 0) is 16.1 Å². The predicted molar refractivity (Wildman–Crippen MR) is 104 cm³/mol. The molecule has 1 rings (SSSR count). The highest BCUT2D eigenvalue weighted by molar-refractivity contribution is 5.91. The SMILES string of the molecule is CC(C)NC(=O)NCc1ccc(C(=O)OCC(=O)N(C(C)C)C(C)C)cc1. The topological polar surface area (TPSA) is 87.7 Å². The van der Waals surface area contributed by atoms with Gasteiger partial charge in [0.2, 0.25) is 0 Å². The average molecular weight is 377 g/mol. The second kappa shape index (κ2) is 10.5. The first-order chi connectivity index (χ1) is 12.6. The molecule has 7 heteroatoms. The minimum Gasteiger partial charge on any atom is -0.452 e. The van der Waals surface area contributed by atoms with Crippen molar-refractivity contribution in [2.24, 2.45) is 0 Å². The molecule has 0 bridgehead atoms. The second-order valence-corrected chi connectivity index (χ2v) is 7.24. The van der Waals surface area contributed by atoms with Crippen LogP contribution in [0, 0.1) is 0 Å². The number of nitrogens with one attached hydrogen (secondary N) is 2. The molecule has 0 spiro atoms. The molecule has 3 amide bonds. The Balaban J connectivity index is 2.54. The van der Waals surface area contributed by atoms with Gasteiger partial charge in [-0.25, -0.2) is 9.59 Å². The van der Waals surface area contributed by atoms with Crippen LogP contribution in [0.1, 0.15) is 57.5 Å². The van der Waals surface area contributed by atoms with Crippen LogP contribution < -0.4 is 10.6 Å². The molecule has 0 aliphatic heterocycles. The number of hydrogen-bond donors (Lipinski definition) is 2. The summed E-state index contributed by atoms with van der Waals surface area (Å²) in [7, 11) is 0. The third-order valence-corrected chi connectivity index (χ3v) is 3.79. The molecule has 0 radical (unpaired) electrons. The lowest BCUT2D eigenvalue weighted by Crippen LogP contribution is -2.44. The van der Waals surface area contributed by atoms with Gasteiger partial charge in [0.25, 0.3) is 5.91 Å². The maximum Gasteiger partial charge on any atom is 0.338 e. The van der Waals surface area contributed by atoms with Crippen LogP contribution in [0.15, 0.2) is 24.3 Å². The monoisotopic (exact) mass is 377 g/mol. The van der Waals surface area contributed by atoms with Crippen LogP contribution in [-0.4, -0.2) is 47.5 Å². The van der Waals surface area contributed by atoms with Gasteiger partial charge >= 0.3 is 12.0 Å². The fraction of sp³-hybridized carbons (Fsp3) is 0.550. The van der Waals surface area contributed by atoms with Gasteiger partial charge in [0.15, 0.2) is 6.61 Å². The smallest absolute Gasteiger partial charge is 0.338 e. The van der Waals surface area contributed by atoms with E-state index in [-0.39, 0.29) is 36.7 Å². The predicted octanol–water partition coefficient (Wildman–Crippen LogP) is 2.70. The first-order valence-electron chi connectivity index (χ1n) is 9.23. The molecule has 1 aromatic rings. The number of amides is 3. The summed E-state index contributed by atoms with van der Waals surface area (Å²) in [5.41, 5.74) is 1.21. The summed E-state index contributed by atoms with van der Waals surface area (Å²) in [6, 6.07) is 6.61. The van der Waals surface area contributed by atoms with Gasteiger partial charge in [0, 0.05) is 24.7 Å². The Morgan fingerprint density at radius 2 is 1.52 bits per heavy atom. The van der Waals surface area contributed by atoms with Gasteiger partial charge in [0.05, 0.1) is 5.56 Å². The maximum atomic E-state index is 12.2. The number of rotatable bonds is 8. The number of benzene rings is 1. The van der Waals surface area contributed by atoms with Crippen LogP contribution in [0.5, 0.6) is 0 Å². The molecule has 1 aromatic carbocycles. The van der Waals surface area contributed by atoms with E-state index in [9.17, 15) is 14.4 Å². The third kappa shape index (κ3) is 7.68. The molecular weight excluding hydrogens is 346 g/mol. The summed E-state index contributed by atoms with van der Waals surface area (Å²) in [5, 5.41) is 5.47. The Hall–Kier alpha value is -2.57. The summed E-state index contributed by atoms with van der Waals surface area (Å²) in [5.74, 6) is -0.766. The van der Waals surface area contributed by atoms with E-state index in [0.717, 1.165) is 5.56 Å². The minimum absolute atomic E-state index is 0.0379. The number of carbonyl (C=O) groups is 3. The molecule has 0 saturated heterocycles. The highest BCUT2D eigenvalue weighted by atomic mass is 16.5. The number of ether oxygens (including phenoxy) is 1. The van der Waals surface area contributed by atoms with E-state index in [1.54, 1.807) is 29.2 Å². The molecule has 0 atom stereocenters. The largest absolute Gasteiger partial charge is 0.452 e. The lowest BCUT2D eigenvalue weighted by atomic mass is 10.1. The van der Waals surface area contributed by atoms with Crippen LogP contribution in [0.25, 0.3) is 0 Å². The second-order valence-electron chi connectivity index (χ2n) is 7.24. The first-order valence-corrected chi connectivity index (χ1v) is 9.23. The van der Waals surface area contributed by atoms with E-state index < -0.39 is 5.97 Å². The number of esters is 1. The quantitative estimate of drug-likeness (QED) is 0.682. The van der Waals surface area contributed by atoms with Gasteiger partial charge in [-0.15, -0.1) is 0 Å². The van der Waals surface area contributed by atoms with E-state index >= 15 is 0 Å².